The van der Waals surface area contributed by atoms with Gasteiger partial charge in [-0.05, 0) is 31.6 Å². The Balaban J connectivity index is 2.04. The maximum absolute atomic E-state index is 11.4. The van der Waals surface area contributed by atoms with Gasteiger partial charge in [-0.15, -0.1) is 0 Å². The minimum atomic E-state index is -2.88. The zero-order chi connectivity index (χ0) is 14.3. The fraction of sp³-hybridized carbons (Fsp3) is 1.00. The van der Waals surface area contributed by atoms with Crippen molar-refractivity contribution in [1.29, 1.82) is 0 Å². The molecule has 1 aliphatic carbocycles. The van der Waals surface area contributed by atoms with Gasteiger partial charge in [0.05, 0.1) is 5.75 Å². The van der Waals surface area contributed by atoms with Crippen LogP contribution in [0, 0.1) is 11.8 Å². The Bertz CT molecular complexity index is 417. The summed E-state index contributed by atoms with van der Waals surface area (Å²) < 4.78 is 22.8. The first kappa shape index (κ1) is 15.3. The van der Waals surface area contributed by atoms with Crippen molar-refractivity contribution in [2.24, 2.45) is 11.8 Å². The van der Waals surface area contributed by atoms with Crippen molar-refractivity contribution >= 4 is 9.84 Å². The lowest BCUT2D eigenvalue weighted by Gasteiger charge is -2.48. The molecule has 5 heteroatoms. The van der Waals surface area contributed by atoms with E-state index in [1.807, 2.05) is 0 Å². The largest absolute Gasteiger partial charge is 0.308 e. The standard InChI is InChI=1S/C14H28N2O2S/c1-11(2)13-9-15-14(3,12-5-6-12)10-16(13)7-8-19(4,17)18/h11-13,15H,5-10H2,1-4H3. The van der Waals surface area contributed by atoms with Crippen LogP contribution in [-0.2, 0) is 9.84 Å². The molecule has 0 radical (unpaired) electrons. The maximum Gasteiger partial charge on any atom is 0.148 e. The maximum atomic E-state index is 11.4. The molecule has 1 N–H and O–H groups in total. The molecule has 2 atom stereocenters. The van der Waals surface area contributed by atoms with Gasteiger partial charge in [-0.1, -0.05) is 13.8 Å². The quantitative estimate of drug-likeness (QED) is 0.824. The molecular formula is C14H28N2O2S. The highest BCUT2D eigenvalue weighted by atomic mass is 32.2. The molecular weight excluding hydrogens is 260 g/mol. The van der Waals surface area contributed by atoms with Gasteiger partial charge in [-0.3, -0.25) is 4.90 Å². The highest BCUT2D eigenvalue weighted by molar-refractivity contribution is 7.90. The van der Waals surface area contributed by atoms with E-state index in [0.29, 0.717) is 18.5 Å². The molecule has 0 aromatic rings. The zero-order valence-corrected chi connectivity index (χ0v) is 13.5. The van der Waals surface area contributed by atoms with Gasteiger partial charge in [0.2, 0.25) is 0 Å². The molecule has 0 amide bonds. The van der Waals surface area contributed by atoms with Gasteiger partial charge < -0.3 is 5.32 Å². The van der Waals surface area contributed by atoms with Crippen LogP contribution in [0.2, 0.25) is 0 Å². The monoisotopic (exact) mass is 288 g/mol. The third-order valence-corrected chi connectivity index (χ3v) is 5.64. The van der Waals surface area contributed by atoms with E-state index < -0.39 is 9.84 Å². The predicted molar refractivity (Wildman–Crippen MR) is 79.0 cm³/mol. The highest BCUT2D eigenvalue weighted by Gasteiger charge is 2.46. The lowest BCUT2D eigenvalue weighted by atomic mass is 9.88. The van der Waals surface area contributed by atoms with Crippen molar-refractivity contribution in [1.82, 2.24) is 10.2 Å². The first-order valence-electron chi connectivity index (χ1n) is 7.38. The average molecular weight is 288 g/mol. The number of sulfone groups is 1. The summed E-state index contributed by atoms with van der Waals surface area (Å²) >= 11 is 0. The van der Waals surface area contributed by atoms with E-state index in [-0.39, 0.29) is 11.3 Å². The summed E-state index contributed by atoms with van der Waals surface area (Å²) in [5, 5.41) is 3.72. The number of hydrogen-bond donors (Lipinski definition) is 1. The Labute approximate surface area is 117 Å². The second-order valence-corrected chi connectivity index (χ2v) is 9.24. The normalized spacial score (nSPS) is 33.8. The van der Waals surface area contributed by atoms with Crippen LogP contribution in [0.4, 0.5) is 0 Å². The predicted octanol–water partition coefficient (Wildman–Crippen LogP) is 1.13. The lowest BCUT2D eigenvalue weighted by molar-refractivity contribution is 0.0576. The van der Waals surface area contributed by atoms with Gasteiger partial charge in [-0.2, -0.15) is 0 Å². The van der Waals surface area contributed by atoms with E-state index >= 15 is 0 Å². The number of piperazine rings is 1. The Kier molecular flexibility index (Phi) is 4.29. The molecule has 0 bridgehead atoms. The zero-order valence-electron chi connectivity index (χ0n) is 12.6. The molecule has 2 unspecified atom stereocenters. The number of nitrogens with zero attached hydrogens (tertiary/aromatic N) is 1. The summed E-state index contributed by atoms with van der Waals surface area (Å²) in [5.41, 5.74) is 0.183. The Morgan fingerprint density at radius 2 is 2.00 bits per heavy atom. The van der Waals surface area contributed by atoms with Crippen molar-refractivity contribution in [3.63, 3.8) is 0 Å². The fourth-order valence-electron chi connectivity index (χ4n) is 3.24. The highest BCUT2D eigenvalue weighted by Crippen LogP contribution is 2.41. The van der Waals surface area contributed by atoms with Gasteiger partial charge in [0.15, 0.2) is 0 Å². The van der Waals surface area contributed by atoms with Crippen molar-refractivity contribution in [2.45, 2.75) is 45.2 Å². The van der Waals surface area contributed by atoms with Gasteiger partial charge >= 0.3 is 0 Å². The van der Waals surface area contributed by atoms with E-state index in [1.165, 1.54) is 19.1 Å². The smallest absolute Gasteiger partial charge is 0.148 e. The van der Waals surface area contributed by atoms with E-state index in [9.17, 15) is 8.42 Å². The SMILES string of the molecule is CC(C)C1CNC(C)(C2CC2)CN1CCS(C)(=O)=O. The lowest BCUT2D eigenvalue weighted by Crippen LogP contribution is -2.65. The van der Waals surface area contributed by atoms with Crippen LogP contribution in [-0.4, -0.2) is 56.5 Å². The molecule has 2 fully saturated rings. The molecule has 2 aliphatic rings. The molecule has 0 aromatic heterocycles. The Hall–Kier alpha value is -0.130. The van der Waals surface area contributed by atoms with Crippen LogP contribution in [0.25, 0.3) is 0 Å². The van der Waals surface area contributed by atoms with Gasteiger partial charge in [0, 0.05) is 37.5 Å². The second-order valence-electron chi connectivity index (χ2n) is 6.98. The topological polar surface area (TPSA) is 49.4 Å². The summed E-state index contributed by atoms with van der Waals surface area (Å²) in [7, 11) is -2.88. The molecule has 112 valence electrons. The molecule has 1 aliphatic heterocycles. The fourth-order valence-corrected chi connectivity index (χ4v) is 3.81. The van der Waals surface area contributed by atoms with Crippen molar-refractivity contribution in [3.05, 3.63) is 0 Å². The van der Waals surface area contributed by atoms with Crippen LogP contribution in [0.3, 0.4) is 0 Å². The average Bonchev–Trinajstić information content (AvgIpc) is 3.09. The van der Waals surface area contributed by atoms with Gasteiger partial charge in [0.25, 0.3) is 0 Å². The first-order chi connectivity index (χ1) is 8.71. The van der Waals surface area contributed by atoms with Crippen LogP contribution in [0.5, 0.6) is 0 Å². The Morgan fingerprint density at radius 3 is 2.47 bits per heavy atom. The molecule has 2 rings (SSSR count). The molecule has 4 nitrogen and oxygen atoms in total. The molecule has 19 heavy (non-hydrogen) atoms. The molecule has 0 aromatic carbocycles. The number of nitrogens with one attached hydrogen (secondary N) is 1. The molecule has 1 saturated carbocycles. The molecule has 1 saturated heterocycles. The van der Waals surface area contributed by atoms with Crippen molar-refractivity contribution in [2.75, 3.05) is 31.6 Å². The van der Waals surface area contributed by atoms with Gasteiger partial charge in [-0.25, -0.2) is 8.42 Å². The first-order valence-corrected chi connectivity index (χ1v) is 9.44. The third kappa shape index (κ3) is 3.92. The summed E-state index contributed by atoms with van der Waals surface area (Å²) in [5.74, 6) is 1.61. The minimum Gasteiger partial charge on any atom is -0.308 e. The van der Waals surface area contributed by atoms with Crippen LogP contribution in [0.15, 0.2) is 0 Å². The number of hydrogen-bond acceptors (Lipinski definition) is 4. The van der Waals surface area contributed by atoms with Crippen molar-refractivity contribution < 1.29 is 8.42 Å². The Morgan fingerprint density at radius 1 is 1.37 bits per heavy atom. The van der Waals surface area contributed by atoms with E-state index in [2.05, 4.69) is 31.0 Å². The summed E-state index contributed by atoms with van der Waals surface area (Å²) in [6.45, 7) is 9.38. The van der Waals surface area contributed by atoms with E-state index in [0.717, 1.165) is 19.0 Å². The minimum absolute atomic E-state index is 0.183. The van der Waals surface area contributed by atoms with Crippen molar-refractivity contribution in [3.8, 4) is 0 Å². The van der Waals surface area contributed by atoms with E-state index in [4.69, 9.17) is 0 Å². The molecule has 1 heterocycles. The summed E-state index contributed by atoms with van der Waals surface area (Å²) in [4.78, 5) is 2.40. The van der Waals surface area contributed by atoms with Crippen LogP contribution >= 0.6 is 0 Å². The van der Waals surface area contributed by atoms with Crippen LogP contribution in [0.1, 0.15) is 33.6 Å². The van der Waals surface area contributed by atoms with Gasteiger partial charge in [0.1, 0.15) is 9.84 Å². The van der Waals surface area contributed by atoms with Crippen LogP contribution < -0.4 is 5.32 Å². The molecule has 0 spiro atoms. The second kappa shape index (κ2) is 5.34. The number of rotatable bonds is 5. The summed E-state index contributed by atoms with van der Waals surface area (Å²) in [6.07, 6.45) is 3.96. The summed E-state index contributed by atoms with van der Waals surface area (Å²) in [6, 6.07) is 0.452. The third-order valence-electron chi connectivity index (χ3n) is 4.71. The van der Waals surface area contributed by atoms with E-state index in [1.54, 1.807) is 0 Å².